The molecule has 18 heavy (non-hydrogen) atoms. The van der Waals surface area contributed by atoms with Gasteiger partial charge in [0.15, 0.2) is 0 Å². The molecule has 0 aromatic heterocycles. The van der Waals surface area contributed by atoms with E-state index in [0.717, 1.165) is 18.4 Å². The highest BCUT2D eigenvalue weighted by Gasteiger charge is 2.04. The van der Waals surface area contributed by atoms with Gasteiger partial charge in [0.1, 0.15) is 0 Å². The van der Waals surface area contributed by atoms with Gasteiger partial charge >= 0.3 is 0 Å². The second-order valence-electron chi connectivity index (χ2n) is 3.95. The number of halogens is 2. The summed E-state index contributed by atoms with van der Waals surface area (Å²) in [5.74, 6) is 0.0269. The zero-order valence-corrected chi connectivity index (χ0v) is 12.3. The van der Waals surface area contributed by atoms with Crippen molar-refractivity contribution in [1.82, 2.24) is 0 Å². The quantitative estimate of drug-likeness (QED) is 0.544. The van der Waals surface area contributed by atoms with Gasteiger partial charge in [0.25, 0.3) is 0 Å². The van der Waals surface area contributed by atoms with Gasteiger partial charge in [0, 0.05) is 22.3 Å². The van der Waals surface area contributed by atoms with Crippen LogP contribution in [0.2, 0.25) is 5.02 Å². The Labute approximate surface area is 117 Å². The van der Waals surface area contributed by atoms with Crippen molar-refractivity contribution in [1.29, 1.82) is 0 Å². The molecule has 0 aliphatic rings. The van der Waals surface area contributed by atoms with Crippen LogP contribution in [0.15, 0.2) is 24.3 Å². The van der Waals surface area contributed by atoms with Crippen LogP contribution in [-0.4, -0.2) is 20.8 Å². The van der Waals surface area contributed by atoms with E-state index in [4.69, 9.17) is 27.0 Å². The second-order valence-corrected chi connectivity index (χ2v) is 7.25. The normalized spacial score (nSPS) is 11.7. The highest BCUT2D eigenvalue weighted by Crippen LogP contribution is 2.15. The summed E-state index contributed by atoms with van der Waals surface area (Å²) in [6.45, 7) is 1.07. The van der Waals surface area contributed by atoms with Gasteiger partial charge in [0.05, 0.1) is 12.4 Å². The number of benzene rings is 1. The van der Waals surface area contributed by atoms with E-state index < -0.39 is 9.05 Å². The lowest BCUT2D eigenvalue weighted by Crippen LogP contribution is -1.99. The summed E-state index contributed by atoms with van der Waals surface area (Å²) in [5.41, 5.74) is 0.961. The molecule has 3 nitrogen and oxygen atoms in total. The highest BCUT2D eigenvalue weighted by molar-refractivity contribution is 8.13. The van der Waals surface area contributed by atoms with Crippen LogP contribution >= 0.6 is 22.3 Å². The van der Waals surface area contributed by atoms with Crippen LogP contribution < -0.4 is 0 Å². The van der Waals surface area contributed by atoms with Crippen molar-refractivity contribution in [2.45, 2.75) is 25.9 Å². The van der Waals surface area contributed by atoms with Crippen molar-refractivity contribution in [3.63, 3.8) is 0 Å². The fraction of sp³-hybridized carbons (Fsp3) is 0.500. The fourth-order valence-corrected chi connectivity index (χ4v) is 2.52. The van der Waals surface area contributed by atoms with Gasteiger partial charge in [-0.1, -0.05) is 36.2 Å². The van der Waals surface area contributed by atoms with Crippen molar-refractivity contribution in [2.24, 2.45) is 0 Å². The first kappa shape index (κ1) is 15.8. The minimum atomic E-state index is -3.35. The van der Waals surface area contributed by atoms with E-state index in [1.165, 1.54) is 0 Å². The van der Waals surface area contributed by atoms with Gasteiger partial charge < -0.3 is 4.74 Å². The van der Waals surface area contributed by atoms with Crippen LogP contribution in [0, 0.1) is 0 Å². The standard InChI is InChI=1S/C12H16Cl2O3S/c13-12-7-3-2-6-11(12)10-17-8-4-1-5-9-18(14,15)16/h2-3,6-7H,1,4-5,8-10H2. The Hall–Kier alpha value is -0.290. The predicted octanol–water partition coefficient (Wildman–Crippen LogP) is 3.60. The van der Waals surface area contributed by atoms with Gasteiger partial charge in [-0.3, -0.25) is 0 Å². The third-order valence-electron chi connectivity index (χ3n) is 2.39. The van der Waals surface area contributed by atoms with Crippen molar-refractivity contribution < 1.29 is 13.2 Å². The zero-order chi connectivity index (χ0) is 13.4. The molecule has 0 saturated carbocycles. The Kier molecular flexibility index (Phi) is 7.00. The van der Waals surface area contributed by atoms with E-state index in [0.29, 0.717) is 24.7 Å². The molecule has 6 heteroatoms. The van der Waals surface area contributed by atoms with Gasteiger partial charge in [-0.2, -0.15) is 0 Å². The highest BCUT2D eigenvalue weighted by atomic mass is 35.7. The number of hydrogen-bond donors (Lipinski definition) is 0. The van der Waals surface area contributed by atoms with Crippen LogP contribution in [0.25, 0.3) is 0 Å². The molecule has 0 fully saturated rings. The first-order valence-electron chi connectivity index (χ1n) is 5.72. The molecule has 0 unspecified atom stereocenters. The zero-order valence-electron chi connectivity index (χ0n) is 9.94. The summed E-state index contributed by atoms with van der Waals surface area (Å²) in [6.07, 6.45) is 2.17. The van der Waals surface area contributed by atoms with E-state index >= 15 is 0 Å². The topological polar surface area (TPSA) is 43.4 Å². The molecular weight excluding hydrogens is 295 g/mol. The van der Waals surface area contributed by atoms with Crippen molar-refractivity contribution in [2.75, 3.05) is 12.4 Å². The Morgan fingerprint density at radius 3 is 2.50 bits per heavy atom. The molecular formula is C12H16Cl2O3S. The predicted molar refractivity (Wildman–Crippen MR) is 74.6 cm³/mol. The summed E-state index contributed by atoms with van der Waals surface area (Å²) in [6, 6.07) is 7.53. The number of ether oxygens (including phenoxy) is 1. The third-order valence-corrected chi connectivity index (χ3v) is 4.00. The lowest BCUT2D eigenvalue weighted by atomic mass is 10.2. The summed E-state index contributed by atoms with van der Waals surface area (Å²) in [5, 5.41) is 0.700. The van der Waals surface area contributed by atoms with E-state index in [9.17, 15) is 8.42 Å². The number of rotatable bonds is 8. The molecule has 0 bridgehead atoms. The molecule has 1 aromatic carbocycles. The molecule has 0 amide bonds. The maximum atomic E-state index is 10.7. The SMILES string of the molecule is O=S(=O)(Cl)CCCCCOCc1ccccc1Cl. The van der Waals surface area contributed by atoms with Gasteiger partial charge in [-0.15, -0.1) is 0 Å². The monoisotopic (exact) mass is 310 g/mol. The van der Waals surface area contributed by atoms with Crippen molar-refractivity contribution in [3.05, 3.63) is 34.9 Å². The Balaban J connectivity index is 2.08. The number of unbranched alkanes of at least 4 members (excludes halogenated alkanes) is 2. The maximum Gasteiger partial charge on any atom is 0.232 e. The van der Waals surface area contributed by atoms with E-state index in [-0.39, 0.29) is 5.75 Å². The van der Waals surface area contributed by atoms with Gasteiger partial charge in [0.2, 0.25) is 9.05 Å². The van der Waals surface area contributed by atoms with Crippen LogP contribution in [0.4, 0.5) is 0 Å². The van der Waals surface area contributed by atoms with Crippen molar-refractivity contribution >= 4 is 31.3 Å². The molecule has 102 valence electrons. The minimum absolute atomic E-state index is 0.0269. The second kappa shape index (κ2) is 8.00. The van der Waals surface area contributed by atoms with E-state index in [2.05, 4.69) is 0 Å². The molecule has 0 atom stereocenters. The van der Waals surface area contributed by atoms with Gasteiger partial charge in [-0.05, 0) is 24.5 Å². The first-order valence-corrected chi connectivity index (χ1v) is 8.58. The van der Waals surface area contributed by atoms with Crippen LogP contribution in [0.5, 0.6) is 0 Å². The molecule has 0 aliphatic carbocycles. The van der Waals surface area contributed by atoms with E-state index in [1.807, 2.05) is 24.3 Å². The molecule has 0 spiro atoms. The maximum absolute atomic E-state index is 10.7. The van der Waals surface area contributed by atoms with Gasteiger partial charge in [-0.25, -0.2) is 8.42 Å². The summed E-state index contributed by atoms with van der Waals surface area (Å²) in [4.78, 5) is 0. The minimum Gasteiger partial charge on any atom is -0.377 e. The van der Waals surface area contributed by atoms with Crippen molar-refractivity contribution in [3.8, 4) is 0 Å². The van der Waals surface area contributed by atoms with Crippen LogP contribution in [0.1, 0.15) is 24.8 Å². The molecule has 0 radical (unpaired) electrons. The number of hydrogen-bond acceptors (Lipinski definition) is 3. The largest absolute Gasteiger partial charge is 0.377 e. The summed E-state index contributed by atoms with van der Waals surface area (Å²) in [7, 11) is 1.75. The average Bonchev–Trinajstić information content (AvgIpc) is 2.28. The Morgan fingerprint density at radius 2 is 1.83 bits per heavy atom. The average molecular weight is 311 g/mol. The molecule has 0 saturated heterocycles. The smallest absolute Gasteiger partial charge is 0.232 e. The molecule has 0 N–H and O–H groups in total. The Morgan fingerprint density at radius 1 is 1.11 bits per heavy atom. The molecule has 1 aromatic rings. The summed E-state index contributed by atoms with van der Waals surface area (Å²) < 4.78 is 26.8. The summed E-state index contributed by atoms with van der Waals surface area (Å²) >= 11 is 5.98. The first-order chi connectivity index (χ1) is 8.49. The van der Waals surface area contributed by atoms with Crippen LogP contribution in [0.3, 0.4) is 0 Å². The lowest BCUT2D eigenvalue weighted by molar-refractivity contribution is 0.117. The molecule has 0 aliphatic heterocycles. The molecule has 0 heterocycles. The third kappa shape index (κ3) is 7.21. The Bertz CT molecular complexity index is 460. The fourth-order valence-electron chi connectivity index (χ4n) is 1.45. The lowest BCUT2D eigenvalue weighted by Gasteiger charge is -2.05. The van der Waals surface area contributed by atoms with Crippen LogP contribution in [-0.2, 0) is 20.4 Å². The van der Waals surface area contributed by atoms with E-state index in [1.54, 1.807) is 0 Å². The molecule has 1 rings (SSSR count).